The molecule has 0 bridgehead atoms. The summed E-state index contributed by atoms with van der Waals surface area (Å²) in [5.74, 6) is 0.806. The number of hydrogen-bond acceptors (Lipinski definition) is 6. The number of thiazole rings is 1. The molecule has 6 heteroatoms. The predicted molar refractivity (Wildman–Crippen MR) is 85.7 cm³/mol. The summed E-state index contributed by atoms with van der Waals surface area (Å²) in [4.78, 5) is 4.53. The zero-order valence-electron chi connectivity index (χ0n) is 10.8. The lowest BCUT2D eigenvalue weighted by Crippen LogP contribution is -1.83. The van der Waals surface area contributed by atoms with E-state index < -0.39 is 0 Å². The number of benzene rings is 1. The summed E-state index contributed by atoms with van der Waals surface area (Å²) >= 11 is 4.67. The highest BCUT2D eigenvalue weighted by Crippen LogP contribution is 2.36. The van der Waals surface area contributed by atoms with Crippen molar-refractivity contribution < 1.29 is 4.74 Å². The first kappa shape index (κ1) is 14.3. The van der Waals surface area contributed by atoms with Crippen LogP contribution in [0.5, 0.6) is 5.75 Å². The Kier molecular flexibility index (Phi) is 4.75. The summed E-state index contributed by atoms with van der Waals surface area (Å²) in [6.07, 6.45) is 3.94. The number of allylic oxidation sites excluding steroid dienone is 1. The number of nitrogens with zero attached hydrogens (tertiary/aromatic N) is 2. The van der Waals surface area contributed by atoms with E-state index in [1.165, 1.54) is 11.3 Å². The molecule has 1 aromatic carbocycles. The lowest BCUT2D eigenvalue weighted by Gasteiger charge is -2.00. The molecule has 0 aliphatic carbocycles. The molecule has 1 heterocycles. The summed E-state index contributed by atoms with van der Waals surface area (Å²) < 4.78 is 7.23. The van der Waals surface area contributed by atoms with Gasteiger partial charge in [-0.2, -0.15) is 5.26 Å². The van der Waals surface area contributed by atoms with E-state index in [1.807, 2.05) is 30.7 Å². The molecule has 0 aliphatic rings. The van der Waals surface area contributed by atoms with Crippen molar-refractivity contribution in [3.05, 3.63) is 27.4 Å². The number of hydrogen-bond donors (Lipinski definition) is 0. The molecular formula is C13H12N2OS3. The van der Waals surface area contributed by atoms with Crippen LogP contribution in [-0.4, -0.2) is 24.6 Å². The standard InChI is InChI=1S/C13H12N2OS3/c1-16-8-4-5-10-11(6-8)19-12(15-10)9(7-14)13(17-2)18-3/h4-6H,1-3H3. The number of rotatable bonds is 4. The molecule has 19 heavy (non-hydrogen) atoms. The van der Waals surface area contributed by atoms with Gasteiger partial charge in [-0.15, -0.1) is 34.9 Å². The zero-order chi connectivity index (χ0) is 13.8. The van der Waals surface area contributed by atoms with Crippen LogP contribution in [0.3, 0.4) is 0 Å². The van der Waals surface area contributed by atoms with Gasteiger partial charge in [0.15, 0.2) is 0 Å². The van der Waals surface area contributed by atoms with Crippen molar-refractivity contribution in [1.82, 2.24) is 4.98 Å². The molecule has 0 atom stereocenters. The fraction of sp³-hybridized carbons (Fsp3) is 0.231. The molecule has 3 nitrogen and oxygen atoms in total. The van der Waals surface area contributed by atoms with Crippen molar-refractivity contribution in [2.45, 2.75) is 0 Å². The van der Waals surface area contributed by atoms with Gasteiger partial charge in [0.25, 0.3) is 0 Å². The minimum atomic E-state index is 0.653. The molecule has 2 rings (SSSR count). The van der Waals surface area contributed by atoms with Crippen molar-refractivity contribution in [1.29, 1.82) is 5.26 Å². The van der Waals surface area contributed by atoms with Gasteiger partial charge in [-0.25, -0.2) is 4.98 Å². The largest absolute Gasteiger partial charge is 0.497 e. The summed E-state index contributed by atoms with van der Waals surface area (Å²) in [6.45, 7) is 0. The smallest absolute Gasteiger partial charge is 0.136 e. The van der Waals surface area contributed by atoms with Crippen LogP contribution >= 0.6 is 34.9 Å². The maximum Gasteiger partial charge on any atom is 0.136 e. The average molecular weight is 308 g/mol. The SMILES string of the molecule is COc1ccc2nc(C(C#N)=C(SC)SC)sc2c1. The predicted octanol–water partition coefficient (Wildman–Crippen LogP) is 4.22. The monoisotopic (exact) mass is 308 g/mol. The second-order valence-corrected chi connectivity index (χ2v) is 6.46. The van der Waals surface area contributed by atoms with Gasteiger partial charge in [0, 0.05) is 0 Å². The molecule has 98 valence electrons. The van der Waals surface area contributed by atoms with E-state index >= 15 is 0 Å². The fourth-order valence-electron chi connectivity index (χ4n) is 1.61. The van der Waals surface area contributed by atoms with Crippen molar-refractivity contribution in [3.8, 4) is 11.8 Å². The first-order valence-corrected chi connectivity index (χ1v) is 8.67. The molecule has 2 aromatic rings. The Morgan fingerprint density at radius 2 is 2.11 bits per heavy atom. The summed E-state index contributed by atoms with van der Waals surface area (Å²) in [5.41, 5.74) is 1.55. The van der Waals surface area contributed by atoms with Gasteiger partial charge >= 0.3 is 0 Å². The third kappa shape index (κ3) is 2.89. The van der Waals surface area contributed by atoms with E-state index in [1.54, 1.807) is 30.6 Å². The van der Waals surface area contributed by atoms with Crippen LogP contribution < -0.4 is 4.74 Å². The number of aromatic nitrogens is 1. The Morgan fingerprint density at radius 1 is 1.37 bits per heavy atom. The maximum atomic E-state index is 9.35. The number of thioether (sulfide) groups is 2. The van der Waals surface area contributed by atoms with E-state index in [2.05, 4.69) is 11.1 Å². The van der Waals surface area contributed by atoms with Gasteiger partial charge in [-0.1, -0.05) is 0 Å². The number of ether oxygens (including phenoxy) is 1. The summed E-state index contributed by atoms with van der Waals surface area (Å²) in [5, 5.41) is 10.1. The van der Waals surface area contributed by atoms with E-state index in [9.17, 15) is 5.26 Å². The van der Waals surface area contributed by atoms with Gasteiger partial charge in [-0.05, 0) is 30.7 Å². The number of fused-ring (bicyclic) bond motifs is 1. The minimum absolute atomic E-state index is 0.653. The van der Waals surface area contributed by atoms with Crippen LogP contribution in [0.25, 0.3) is 15.8 Å². The zero-order valence-corrected chi connectivity index (χ0v) is 13.2. The van der Waals surface area contributed by atoms with E-state index in [-0.39, 0.29) is 0 Å². The quantitative estimate of drug-likeness (QED) is 0.791. The van der Waals surface area contributed by atoms with Crippen LogP contribution in [0.15, 0.2) is 22.4 Å². The molecule has 0 N–H and O–H groups in total. The van der Waals surface area contributed by atoms with Crippen molar-refractivity contribution in [2.75, 3.05) is 19.6 Å². The first-order valence-electron chi connectivity index (χ1n) is 5.40. The van der Waals surface area contributed by atoms with Crippen LogP contribution in [-0.2, 0) is 0 Å². The Hall–Kier alpha value is -1.16. The van der Waals surface area contributed by atoms with Crippen LogP contribution in [0, 0.1) is 11.3 Å². The second-order valence-electron chi connectivity index (χ2n) is 3.54. The summed E-state index contributed by atoms with van der Waals surface area (Å²) in [6, 6.07) is 8.01. The van der Waals surface area contributed by atoms with Crippen molar-refractivity contribution in [2.24, 2.45) is 0 Å². The van der Waals surface area contributed by atoms with Crippen molar-refractivity contribution in [3.63, 3.8) is 0 Å². The first-order chi connectivity index (χ1) is 9.23. The molecule has 1 aromatic heterocycles. The maximum absolute atomic E-state index is 9.35. The molecule has 0 fully saturated rings. The normalized spacial score (nSPS) is 10.2. The van der Waals surface area contributed by atoms with Crippen LogP contribution in [0.1, 0.15) is 5.01 Å². The Balaban J connectivity index is 2.57. The highest BCUT2D eigenvalue weighted by atomic mass is 32.2. The van der Waals surface area contributed by atoms with E-state index in [4.69, 9.17) is 4.74 Å². The highest BCUT2D eigenvalue weighted by molar-refractivity contribution is 8.22. The van der Waals surface area contributed by atoms with Crippen LogP contribution in [0.4, 0.5) is 0 Å². The van der Waals surface area contributed by atoms with Gasteiger partial charge in [0.1, 0.15) is 22.4 Å². The van der Waals surface area contributed by atoms with Crippen molar-refractivity contribution >= 4 is 50.7 Å². The number of methoxy groups -OCH3 is 1. The third-order valence-corrected chi connectivity index (χ3v) is 5.68. The summed E-state index contributed by atoms with van der Waals surface area (Å²) in [7, 11) is 1.64. The molecule has 0 saturated carbocycles. The van der Waals surface area contributed by atoms with Gasteiger partial charge < -0.3 is 4.74 Å². The Bertz CT molecular complexity index is 664. The Labute approximate surface area is 124 Å². The molecule has 0 radical (unpaired) electrons. The highest BCUT2D eigenvalue weighted by Gasteiger charge is 2.13. The van der Waals surface area contributed by atoms with Crippen LogP contribution in [0.2, 0.25) is 0 Å². The molecule has 0 unspecified atom stereocenters. The Morgan fingerprint density at radius 3 is 2.68 bits per heavy atom. The minimum Gasteiger partial charge on any atom is -0.497 e. The lowest BCUT2D eigenvalue weighted by atomic mass is 10.3. The van der Waals surface area contributed by atoms with Gasteiger partial charge in [0.05, 0.1) is 21.6 Å². The van der Waals surface area contributed by atoms with E-state index in [0.717, 1.165) is 25.2 Å². The topological polar surface area (TPSA) is 45.9 Å². The van der Waals surface area contributed by atoms with Gasteiger partial charge in [0.2, 0.25) is 0 Å². The fourth-order valence-corrected chi connectivity index (χ4v) is 4.09. The van der Waals surface area contributed by atoms with E-state index in [0.29, 0.717) is 5.57 Å². The third-order valence-electron chi connectivity index (χ3n) is 2.50. The number of nitriles is 1. The molecule has 0 amide bonds. The molecule has 0 saturated heterocycles. The second kappa shape index (κ2) is 6.33. The molecule has 0 spiro atoms. The lowest BCUT2D eigenvalue weighted by molar-refractivity contribution is 0.415. The average Bonchev–Trinajstić information content (AvgIpc) is 2.86. The van der Waals surface area contributed by atoms with Gasteiger partial charge in [-0.3, -0.25) is 0 Å². The molecule has 0 aliphatic heterocycles. The molecular weight excluding hydrogens is 296 g/mol.